The van der Waals surface area contributed by atoms with E-state index in [1.165, 1.54) is 10.9 Å². The molecule has 1 heterocycles. The van der Waals surface area contributed by atoms with Gasteiger partial charge in [-0.25, -0.2) is 4.98 Å². The third-order valence-electron chi connectivity index (χ3n) is 3.99. The van der Waals surface area contributed by atoms with Crippen molar-refractivity contribution in [3.8, 4) is 0 Å². The summed E-state index contributed by atoms with van der Waals surface area (Å²) in [6.07, 6.45) is 3.95. The summed E-state index contributed by atoms with van der Waals surface area (Å²) >= 11 is 0. The maximum Gasteiger partial charge on any atom is 0.303 e. The van der Waals surface area contributed by atoms with Gasteiger partial charge in [0.25, 0.3) is 0 Å². The highest BCUT2D eigenvalue weighted by Gasteiger charge is 2.05. The van der Waals surface area contributed by atoms with Crippen molar-refractivity contribution in [3.63, 3.8) is 0 Å². The van der Waals surface area contributed by atoms with Crippen LogP contribution in [0.1, 0.15) is 31.2 Å². The molecule has 0 unspecified atom stereocenters. The number of hydrogen-bond acceptors (Lipinski definition) is 2. The van der Waals surface area contributed by atoms with Crippen LogP contribution in [0.25, 0.3) is 21.8 Å². The predicted molar refractivity (Wildman–Crippen MR) is 89.1 cm³/mol. The van der Waals surface area contributed by atoms with Crippen molar-refractivity contribution in [2.75, 3.05) is 0 Å². The lowest BCUT2D eigenvalue weighted by atomic mass is 10.0. The zero-order valence-corrected chi connectivity index (χ0v) is 12.5. The van der Waals surface area contributed by atoms with Gasteiger partial charge in [0.1, 0.15) is 0 Å². The van der Waals surface area contributed by atoms with E-state index in [9.17, 15) is 4.79 Å². The first-order valence-corrected chi connectivity index (χ1v) is 7.73. The molecule has 0 radical (unpaired) electrons. The van der Waals surface area contributed by atoms with Gasteiger partial charge < -0.3 is 5.11 Å². The number of hydrogen-bond donors (Lipinski definition) is 1. The average molecular weight is 293 g/mol. The number of rotatable bonds is 6. The number of pyridine rings is 1. The molecule has 3 nitrogen and oxygen atoms in total. The van der Waals surface area contributed by atoms with E-state index in [1.807, 2.05) is 18.2 Å². The maximum atomic E-state index is 10.5. The Balaban J connectivity index is 1.80. The maximum absolute atomic E-state index is 10.5. The first kappa shape index (κ1) is 14.5. The first-order valence-electron chi connectivity index (χ1n) is 7.73. The van der Waals surface area contributed by atoms with Crippen molar-refractivity contribution < 1.29 is 9.90 Å². The molecule has 3 heteroatoms. The van der Waals surface area contributed by atoms with Crippen molar-refractivity contribution in [1.29, 1.82) is 0 Å². The Morgan fingerprint density at radius 2 is 1.77 bits per heavy atom. The summed E-state index contributed by atoms with van der Waals surface area (Å²) < 4.78 is 0. The predicted octanol–water partition coefficient (Wildman–Crippen LogP) is 4.58. The number of unbranched alkanes of at least 4 members (excludes halogenated alkanes) is 2. The molecule has 2 aromatic carbocycles. The Hall–Kier alpha value is -2.42. The largest absolute Gasteiger partial charge is 0.481 e. The average Bonchev–Trinajstić information content (AvgIpc) is 2.52. The number of aromatic nitrogens is 1. The third-order valence-corrected chi connectivity index (χ3v) is 3.99. The van der Waals surface area contributed by atoms with Gasteiger partial charge in [0.05, 0.1) is 11.0 Å². The third kappa shape index (κ3) is 3.25. The molecule has 3 rings (SSSR count). The highest BCUT2D eigenvalue weighted by Crippen LogP contribution is 2.24. The zero-order valence-electron chi connectivity index (χ0n) is 12.5. The Bertz CT molecular complexity index is 811. The molecular weight excluding hydrogens is 274 g/mol. The monoisotopic (exact) mass is 293 g/mol. The van der Waals surface area contributed by atoms with Crippen LogP contribution in [-0.2, 0) is 11.2 Å². The Labute approximate surface area is 129 Å². The van der Waals surface area contributed by atoms with Crippen LogP contribution < -0.4 is 0 Å². The van der Waals surface area contributed by atoms with Crippen molar-refractivity contribution >= 4 is 27.8 Å². The smallest absolute Gasteiger partial charge is 0.303 e. The second kappa shape index (κ2) is 6.56. The van der Waals surface area contributed by atoms with Gasteiger partial charge in [-0.3, -0.25) is 4.79 Å². The molecule has 22 heavy (non-hydrogen) atoms. The van der Waals surface area contributed by atoms with Gasteiger partial charge >= 0.3 is 5.97 Å². The second-order valence-corrected chi connectivity index (χ2v) is 5.62. The Morgan fingerprint density at radius 3 is 2.64 bits per heavy atom. The SMILES string of the molecule is O=C(O)CCCCCc1cccc2nc3ccccc3cc12. The Kier molecular flexibility index (Phi) is 4.33. The van der Waals surface area contributed by atoms with Crippen LogP contribution >= 0.6 is 0 Å². The fourth-order valence-corrected chi connectivity index (χ4v) is 2.85. The summed E-state index contributed by atoms with van der Waals surface area (Å²) in [4.78, 5) is 15.3. The lowest BCUT2D eigenvalue weighted by molar-refractivity contribution is -0.137. The van der Waals surface area contributed by atoms with Gasteiger partial charge in [-0.15, -0.1) is 0 Å². The van der Waals surface area contributed by atoms with Crippen LogP contribution in [0.5, 0.6) is 0 Å². The molecular formula is C19H19NO2. The van der Waals surface area contributed by atoms with Gasteiger partial charge in [-0.2, -0.15) is 0 Å². The van der Waals surface area contributed by atoms with Gasteiger partial charge in [0, 0.05) is 17.2 Å². The summed E-state index contributed by atoms with van der Waals surface area (Å²) in [6.45, 7) is 0. The minimum Gasteiger partial charge on any atom is -0.481 e. The summed E-state index contributed by atoms with van der Waals surface area (Å²) in [6, 6.07) is 16.6. The summed E-state index contributed by atoms with van der Waals surface area (Å²) in [7, 11) is 0. The number of benzene rings is 2. The van der Waals surface area contributed by atoms with Gasteiger partial charge in [0.15, 0.2) is 0 Å². The number of carboxylic acid groups (broad SMARTS) is 1. The molecule has 0 atom stereocenters. The van der Waals surface area contributed by atoms with Gasteiger partial charge in [0.2, 0.25) is 0 Å². The molecule has 0 aliphatic heterocycles. The molecule has 112 valence electrons. The van der Waals surface area contributed by atoms with Crippen molar-refractivity contribution in [3.05, 3.63) is 54.1 Å². The lowest BCUT2D eigenvalue weighted by Gasteiger charge is -2.07. The van der Waals surface area contributed by atoms with E-state index in [1.54, 1.807) is 0 Å². The minimum atomic E-state index is -0.708. The van der Waals surface area contributed by atoms with E-state index in [0.717, 1.165) is 42.1 Å². The van der Waals surface area contributed by atoms with Crippen LogP contribution in [0, 0.1) is 0 Å². The van der Waals surface area contributed by atoms with Crippen LogP contribution in [0.15, 0.2) is 48.5 Å². The minimum absolute atomic E-state index is 0.266. The summed E-state index contributed by atoms with van der Waals surface area (Å²) in [5.74, 6) is -0.708. The standard InChI is InChI=1S/C19H19NO2/c21-19(22)12-3-1-2-7-14-9-6-11-18-16(14)13-15-8-4-5-10-17(15)20-18/h4-6,8-11,13H,1-3,7,12H2,(H,21,22). The van der Waals surface area contributed by atoms with Crippen LogP contribution in [-0.4, -0.2) is 16.1 Å². The number of aliphatic carboxylic acids is 1. The zero-order chi connectivity index (χ0) is 15.4. The van der Waals surface area contributed by atoms with Crippen molar-refractivity contribution in [2.45, 2.75) is 32.1 Å². The molecule has 0 bridgehead atoms. The molecule has 0 amide bonds. The normalized spacial score (nSPS) is 11.1. The number of nitrogens with zero attached hydrogens (tertiary/aromatic N) is 1. The summed E-state index contributed by atoms with van der Waals surface area (Å²) in [5.41, 5.74) is 3.35. The molecule has 1 N–H and O–H groups in total. The Morgan fingerprint density at radius 1 is 0.955 bits per heavy atom. The highest BCUT2D eigenvalue weighted by atomic mass is 16.4. The molecule has 0 aliphatic carbocycles. The van der Waals surface area contributed by atoms with Crippen LogP contribution in [0.2, 0.25) is 0 Å². The molecule has 0 saturated heterocycles. The van der Waals surface area contributed by atoms with E-state index in [4.69, 9.17) is 10.1 Å². The topological polar surface area (TPSA) is 50.2 Å². The molecule has 0 aliphatic rings. The van der Waals surface area contributed by atoms with Crippen LogP contribution in [0.3, 0.4) is 0 Å². The molecule has 3 aromatic rings. The van der Waals surface area contributed by atoms with Crippen molar-refractivity contribution in [1.82, 2.24) is 4.98 Å². The highest BCUT2D eigenvalue weighted by molar-refractivity contribution is 5.94. The van der Waals surface area contributed by atoms with E-state index < -0.39 is 5.97 Å². The molecule has 0 fully saturated rings. The van der Waals surface area contributed by atoms with E-state index in [2.05, 4.69) is 30.3 Å². The lowest BCUT2D eigenvalue weighted by Crippen LogP contribution is -1.95. The van der Waals surface area contributed by atoms with E-state index >= 15 is 0 Å². The summed E-state index contributed by atoms with van der Waals surface area (Å²) in [5, 5.41) is 11.0. The number of fused-ring (bicyclic) bond motifs is 2. The second-order valence-electron chi connectivity index (χ2n) is 5.62. The van der Waals surface area contributed by atoms with Crippen molar-refractivity contribution in [2.24, 2.45) is 0 Å². The fraction of sp³-hybridized carbons (Fsp3) is 0.263. The van der Waals surface area contributed by atoms with Gasteiger partial charge in [-0.05, 0) is 43.0 Å². The quantitative estimate of drug-likeness (QED) is 0.535. The molecule has 0 spiro atoms. The van der Waals surface area contributed by atoms with Gasteiger partial charge in [-0.1, -0.05) is 36.8 Å². The molecule has 0 saturated carbocycles. The van der Waals surface area contributed by atoms with E-state index in [0.29, 0.717) is 0 Å². The first-order chi connectivity index (χ1) is 10.7. The number of aryl methyl sites for hydroxylation is 1. The van der Waals surface area contributed by atoms with E-state index in [-0.39, 0.29) is 6.42 Å². The number of carboxylic acids is 1. The number of para-hydroxylation sites is 1. The number of carbonyl (C=O) groups is 1. The van der Waals surface area contributed by atoms with Crippen LogP contribution in [0.4, 0.5) is 0 Å². The molecule has 1 aromatic heterocycles. The fourth-order valence-electron chi connectivity index (χ4n) is 2.85.